The molecule has 4 aromatic heterocycles. The molecule has 5 aromatic rings. The van der Waals surface area contributed by atoms with E-state index < -0.39 is 46.3 Å². The first kappa shape index (κ1) is 37.9. The molecule has 0 aliphatic carbocycles. The Bertz CT molecular complexity index is 2320. The second-order valence-corrected chi connectivity index (χ2v) is 14.8. The van der Waals surface area contributed by atoms with Crippen molar-refractivity contribution >= 4 is 50.3 Å². The van der Waals surface area contributed by atoms with Gasteiger partial charge in [-0.05, 0) is 36.4 Å². The normalized spacial score (nSPS) is 14.6. The first-order valence-electron chi connectivity index (χ1n) is 16.0. The summed E-state index contributed by atoms with van der Waals surface area (Å²) in [5.41, 5.74) is -1.11. The molecule has 21 heteroatoms. The standard InChI is InChI=1S/C32H34ClF3N10O6S/c1-42(2)53(51,52)46-19(13-20(48)17-47)14-24-25(46)6-7-27(40-24)45-16-22(28(41-45)32(34,35)36)26-15-38-29(43(26)3)30(49)39-18-4-5-21(23(33)12-18)31(50)44-10-8-37-9-11-44/h4-7,12,14-16,20,37,47-48H,8-11,13,17H2,1-3H3,(H,39,49). The summed E-state index contributed by atoms with van der Waals surface area (Å²) in [6.45, 7) is 1.71. The minimum Gasteiger partial charge on any atom is -0.394 e. The molecular weight excluding hydrogens is 745 g/mol. The van der Waals surface area contributed by atoms with E-state index in [4.69, 9.17) is 11.6 Å². The molecule has 1 fully saturated rings. The molecule has 6 rings (SSSR count). The molecule has 53 heavy (non-hydrogen) atoms. The van der Waals surface area contributed by atoms with Crippen LogP contribution in [-0.4, -0.2) is 121 Å². The van der Waals surface area contributed by atoms with Gasteiger partial charge in [0.25, 0.3) is 11.8 Å². The second kappa shape index (κ2) is 14.5. The Labute approximate surface area is 305 Å². The highest BCUT2D eigenvalue weighted by Gasteiger charge is 2.39. The van der Waals surface area contributed by atoms with Crippen LogP contribution in [0.4, 0.5) is 18.9 Å². The van der Waals surface area contributed by atoms with Crippen LogP contribution in [0.3, 0.4) is 0 Å². The number of carbonyl (C=O) groups is 2. The van der Waals surface area contributed by atoms with Gasteiger partial charge < -0.3 is 30.3 Å². The van der Waals surface area contributed by atoms with Crippen LogP contribution in [0.2, 0.25) is 5.02 Å². The van der Waals surface area contributed by atoms with Crippen LogP contribution < -0.4 is 10.6 Å². The SMILES string of the molecule is CN(C)S(=O)(=O)n1c(CC(O)CO)cc2nc(-n3cc(-c4cnc(C(=O)Nc5ccc(C(=O)N6CCNCC6)c(Cl)c5)n4C)c(C(F)(F)F)n3)ccc21. The predicted molar refractivity (Wildman–Crippen MR) is 187 cm³/mol. The summed E-state index contributed by atoms with van der Waals surface area (Å²) in [6.07, 6.45) is -4.34. The number of rotatable bonds is 10. The Kier molecular flexibility index (Phi) is 10.4. The third-order valence-electron chi connectivity index (χ3n) is 8.56. The lowest BCUT2D eigenvalue weighted by atomic mass is 10.1. The minimum atomic E-state index is -4.95. The summed E-state index contributed by atoms with van der Waals surface area (Å²) < 4.78 is 73.5. The van der Waals surface area contributed by atoms with Gasteiger partial charge in [-0.1, -0.05) is 11.6 Å². The van der Waals surface area contributed by atoms with Crippen molar-refractivity contribution in [2.24, 2.45) is 7.05 Å². The molecule has 5 heterocycles. The first-order chi connectivity index (χ1) is 25.0. The molecule has 4 N–H and O–H groups in total. The highest BCUT2D eigenvalue weighted by Crippen LogP contribution is 2.37. The number of aliphatic hydroxyl groups excluding tert-OH is 2. The Morgan fingerprint density at radius 2 is 1.85 bits per heavy atom. The summed E-state index contributed by atoms with van der Waals surface area (Å²) in [6, 6.07) is 8.34. The Morgan fingerprint density at radius 3 is 2.49 bits per heavy atom. The number of nitrogens with zero attached hydrogens (tertiary/aromatic N) is 8. The van der Waals surface area contributed by atoms with Crippen LogP contribution >= 0.6 is 11.6 Å². The number of anilines is 1. The molecule has 16 nitrogen and oxygen atoms in total. The molecule has 1 atom stereocenters. The molecule has 1 aliphatic heterocycles. The molecule has 282 valence electrons. The number of alkyl halides is 3. The summed E-state index contributed by atoms with van der Waals surface area (Å²) in [5.74, 6) is -1.35. The van der Waals surface area contributed by atoms with Gasteiger partial charge in [-0.2, -0.15) is 31.0 Å². The average Bonchev–Trinajstić information content (AvgIpc) is 3.83. The maximum atomic E-state index is 14.4. The van der Waals surface area contributed by atoms with Crippen LogP contribution in [0.1, 0.15) is 32.4 Å². The third-order valence-corrected chi connectivity index (χ3v) is 10.7. The Balaban J connectivity index is 1.31. The minimum absolute atomic E-state index is 0.0689. The van der Waals surface area contributed by atoms with Crippen LogP contribution in [0.5, 0.6) is 0 Å². The number of benzene rings is 1. The van der Waals surface area contributed by atoms with Gasteiger partial charge in [0.1, 0.15) is 0 Å². The zero-order chi connectivity index (χ0) is 38.4. The van der Waals surface area contributed by atoms with Gasteiger partial charge in [0, 0.05) is 71.3 Å². The summed E-state index contributed by atoms with van der Waals surface area (Å²) in [5, 5.41) is 29.1. The number of imidazole rings is 1. The number of fused-ring (bicyclic) bond motifs is 1. The predicted octanol–water partition coefficient (Wildman–Crippen LogP) is 2.14. The lowest BCUT2D eigenvalue weighted by Gasteiger charge is -2.27. The lowest BCUT2D eigenvalue weighted by molar-refractivity contribution is -0.140. The number of hydrogen-bond acceptors (Lipinski definition) is 10. The quantitative estimate of drug-likeness (QED) is 0.163. The van der Waals surface area contributed by atoms with E-state index in [9.17, 15) is 41.4 Å². The second-order valence-electron chi connectivity index (χ2n) is 12.4. The number of piperazine rings is 1. The van der Waals surface area contributed by atoms with Gasteiger partial charge in [-0.25, -0.2) is 18.6 Å². The monoisotopic (exact) mass is 778 g/mol. The fourth-order valence-electron chi connectivity index (χ4n) is 5.87. The molecule has 0 radical (unpaired) electrons. The van der Waals surface area contributed by atoms with Crippen molar-refractivity contribution in [3.8, 4) is 17.1 Å². The van der Waals surface area contributed by atoms with Crippen molar-refractivity contribution in [2.45, 2.75) is 18.7 Å². The van der Waals surface area contributed by atoms with E-state index in [1.54, 1.807) is 4.90 Å². The van der Waals surface area contributed by atoms with Crippen molar-refractivity contribution in [3.63, 3.8) is 0 Å². The number of halogens is 4. The summed E-state index contributed by atoms with van der Waals surface area (Å²) in [4.78, 5) is 36.3. The highest BCUT2D eigenvalue weighted by atomic mass is 35.5. The summed E-state index contributed by atoms with van der Waals surface area (Å²) in [7, 11) is -0.176. The largest absolute Gasteiger partial charge is 0.435 e. The number of aliphatic hydroxyl groups is 2. The number of hydrogen-bond donors (Lipinski definition) is 4. The van der Waals surface area contributed by atoms with E-state index in [1.807, 2.05) is 0 Å². The Morgan fingerprint density at radius 1 is 1.13 bits per heavy atom. The third kappa shape index (κ3) is 7.37. The smallest absolute Gasteiger partial charge is 0.394 e. The zero-order valence-electron chi connectivity index (χ0n) is 28.5. The Hall–Kier alpha value is -4.86. The van der Waals surface area contributed by atoms with E-state index >= 15 is 0 Å². The molecule has 1 aromatic carbocycles. The topological polar surface area (TPSA) is 193 Å². The van der Waals surface area contributed by atoms with Gasteiger partial charge >= 0.3 is 16.4 Å². The van der Waals surface area contributed by atoms with E-state index in [1.165, 1.54) is 57.5 Å². The van der Waals surface area contributed by atoms with Crippen molar-refractivity contribution in [3.05, 3.63) is 76.6 Å². The van der Waals surface area contributed by atoms with Crippen molar-refractivity contribution in [2.75, 3.05) is 52.2 Å². The molecule has 0 bridgehead atoms. The van der Waals surface area contributed by atoms with E-state index in [0.29, 0.717) is 26.2 Å². The van der Waals surface area contributed by atoms with Crippen molar-refractivity contribution in [1.29, 1.82) is 0 Å². The molecular formula is C32H34ClF3N10O6S. The van der Waals surface area contributed by atoms with Gasteiger partial charge in [0.15, 0.2) is 17.3 Å². The number of aromatic nitrogens is 6. The number of amides is 2. The van der Waals surface area contributed by atoms with Crippen LogP contribution in [-0.2, 0) is 29.9 Å². The zero-order valence-corrected chi connectivity index (χ0v) is 30.0. The molecule has 2 amide bonds. The maximum absolute atomic E-state index is 14.4. The van der Waals surface area contributed by atoms with Crippen LogP contribution in [0, 0.1) is 0 Å². The highest BCUT2D eigenvalue weighted by molar-refractivity contribution is 7.87. The average molecular weight is 779 g/mol. The fraction of sp³-hybridized carbons (Fsp3) is 0.344. The van der Waals surface area contributed by atoms with Crippen LogP contribution in [0.25, 0.3) is 28.1 Å². The summed E-state index contributed by atoms with van der Waals surface area (Å²) >= 11 is 6.40. The maximum Gasteiger partial charge on any atom is 0.435 e. The number of pyridine rings is 1. The number of carbonyl (C=O) groups excluding carboxylic acids is 2. The molecule has 0 saturated carbocycles. The molecule has 1 unspecified atom stereocenters. The van der Waals surface area contributed by atoms with Crippen LogP contribution in [0.15, 0.2) is 48.8 Å². The number of nitrogens with one attached hydrogen (secondary N) is 2. The molecule has 0 spiro atoms. The van der Waals surface area contributed by atoms with Crippen molar-refractivity contribution in [1.82, 2.24) is 42.8 Å². The fourth-order valence-corrected chi connectivity index (χ4v) is 7.28. The lowest BCUT2D eigenvalue weighted by Crippen LogP contribution is -2.46. The van der Waals surface area contributed by atoms with Gasteiger partial charge in [-0.15, -0.1) is 0 Å². The van der Waals surface area contributed by atoms with E-state index in [-0.39, 0.29) is 62.7 Å². The van der Waals surface area contributed by atoms with Gasteiger partial charge in [-0.3, -0.25) is 9.59 Å². The van der Waals surface area contributed by atoms with Gasteiger partial charge in [0.2, 0.25) is 0 Å². The molecule has 1 aliphatic rings. The van der Waals surface area contributed by atoms with Gasteiger partial charge in [0.05, 0.1) is 51.8 Å². The van der Waals surface area contributed by atoms with Crippen molar-refractivity contribution < 1.29 is 41.4 Å². The first-order valence-corrected chi connectivity index (χ1v) is 17.8. The van der Waals surface area contributed by atoms with E-state index in [2.05, 4.69) is 25.7 Å². The van der Waals surface area contributed by atoms with E-state index in [0.717, 1.165) is 29.9 Å². The molecule has 1 saturated heterocycles.